The average molecular weight is 296 g/mol. The maximum atomic E-state index is 11.2. The van der Waals surface area contributed by atoms with Crippen molar-refractivity contribution < 1.29 is 9.53 Å². The number of imidazole rings is 1. The minimum atomic E-state index is -0.498. The van der Waals surface area contributed by atoms with Gasteiger partial charge in [-0.3, -0.25) is 5.32 Å². The molecule has 6 heteroatoms. The summed E-state index contributed by atoms with van der Waals surface area (Å²) in [5.41, 5.74) is 10.8. The topological polar surface area (TPSA) is 93.0 Å². The third kappa shape index (κ3) is 2.77. The molecule has 0 radical (unpaired) electrons. The Morgan fingerprint density at radius 1 is 1.23 bits per heavy atom. The van der Waals surface area contributed by atoms with E-state index in [-0.39, 0.29) is 6.04 Å². The molecule has 4 N–H and O–H groups in total. The van der Waals surface area contributed by atoms with Gasteiger partial charge in [0.05, 0.1) is 30.5 Å². The predicted octanol–water partition coefficient (Wildman–Crippen LogP) is 2.79. The second kappa shape index (κ2) is 5.87. The summed E-state index contributed by atoms with van der Waals surface area (Å²) in [6, 6.07) is 13.0. The van der Waals surface area contributed by atoms with Gasteiger partial charge in [0.2, 0.25) is 0 Å². The summed E-state index contributed by atoms with van der Waals surface area (Å²) in [4.78, 5) is 18.4. The van der Waals surface area contributed by atoms with E-state index in [0.29, 0.717) is 5.69 Å². The van der Waals surface area contributed by atoms with Gasteiger partial charge in [-0.2, -0.15) is 0 Å². The second-order valence-corrected chi connectivity index (χ2v) is 4.90. The normalized spacial score (nSPS) is 12.1. The number of aromatic nitrogens is 2. The first-order valence-corrected chi connectivity index (χ1v) is 6.81. The van der Waals surface area contributed by atoms with Crippen LogP contribution in [0.2, 0.25) is 0 Å². The molecule has 0 aliphatic rings. The fraction of sp³-hybridized carbons (Fsp3) is 0.125. The van der Waals surface area contributed by atoms with Crippen LogP contribution in [-0.2, 0) is 4.74 Å². The molecular formula is C16H16N4O2. The minimum absolute atomic E-state index is 0.250. The zero-order valence-electron chi connectivity index (χ0n) is 12.0. The van der Waals surface area contributed by atoms with E-state index >= 15 is 0 Å². The van der Waals surface area contributed by atoms with Crippen LogP contribution in [0.15, 0.2) is 48.8 Å². The molecule has 6 nitrogen and oxygen atoms in total. The molecule has 0 fully saturated rings. The van der Waals surface area contributed by atoms with Crippen molar-refractivity contribution in [1.29, 1.82) is 0 Å². The summed E-state index contributed by atoms with van der Waals surface area (Å²) < 4.78 is 4.55. The first-order valence-electron chi connectivity index (χ1n) is 6.81. The zero-order chi connectivity index (χ0) is 15.5. The SMILES string of the molecule is COC(=O)Nc1ccc(C(N)c2ccc3nc[nH]c3c2)cc1. The molecule has 3 rings (SSSR count). The van der Waals surface area contributed by atoms with Crippen LogP contribution < -0.4 is 11.1 Å². The number of rotatable bonds is 3. The Balaban J connectivity index is 1.81. The summed E-state index contributed by atoms with van der Waals surface area (Å²) in [5, 5.41) is 2.60. The number of methoxy groups -OCH3 is 1. The van der Waals surface area contributed by atoms with Gasteiger partial charge in [-0.15, -0.1) is 0 Å². The number of aromatic amines is 1. The molecule has 2 aromatic carbocycles. The van der Waals surface area contributed by atoms with E-state index in [1.165, 1.54) is 7.11 Å². The van der Waals surface area contributed by atoms with Crippen molar-refractivity contribution >= 4 is 22.8 Å². The van der Waals surface area contributed by atoms with Gasteiger partial charge in [0, 0.05) is 5.69 Å². The molecule has 3 aromatic rings. The van der Waals surface area contributed by atoms with E-state index in [1.54, 1.807) is 18.5 Å². The molecule has 1 amide bonds. The first kappa shape index (κ1) is 14.1. The molecule has 0 bridgehead atoms. The number of carbonyl (C=O) groups is 1. The molecule has 112 valence electrons. The highest BCUT2D eigenvalue weighted by Crippen LogP contribution is 2.23. The molecule has 0 saturated carbocycles. The summed E-state index contributed by atoms with van der Waals surface area (Å²) in [6.07, 6.45) is 1.16. The standard InChI is InChI=1S/C16H16N4O2/c1-22-16(21)20-12-5-2-10(3-6-12)15(17)11-4-7-13-14(8-11)19-9-18-13/h2-9,15H,17H2,1H3,(H,18,19)(H,20,21). The van der Waals surface area contributed by atoms with Gasteiger partial charge < -0.3 is 15.5 Å². The van der Waals surface area contributed by atoms with Crippen molar-refractivity contribution in [3.05, 3.63) is 59.9 Å². The van der Waals surface area contributed by atoms with Gasteiger partial charge in [-0.1, -0.05) is 18.2 Å². The van der Waals surface area contributed by atoms with Gasteiger partial charge in [-0.25, -0.2) is 9.78 Å². The van der Waals surface area contributed by atoms with Crippen LogP contribution >= 0.6 is 0 Å². The van der Waals surface area contributed by atoms with E-state index in [2.05, 4.69) is 20.0 Å². The van der Waals surface area contributed by atoms with Crippen molar-refractivity contribution in [3.8, 4) is 0 Å². The number of anilines is 1. The maximum Gasteiger partial charge on any atom is 0.411 e. The third-order valence-corrected chi connectivity index (χ3v) is 3.51. The Bertz CT molecular complexity index is 795. The monoisotopic (exact) mass is 296 g/mol. The lowest BCUT2D eigenvalue weighted by Gasteiger charge is -2.13. The van der Waals surface area contributed by atoms with Gasteiger partial charge in [0.25, 0.3) is 0 Å². The molecule has 1 aromatic heterocycles. The van der Waals surface area contributed by atoms with Crippen LogP contribution in [0.25, 0.3) is 11.0 Å². The molecular weight excluding hydrogens is 280 g/mol. The van der Waals surface area contributed by atoms with Crippen molar-refractivity contribution in [2.75, 3.05) is 12.4 Å². The van der Waals surface area contributed by atoms with Crippen LogP contribution in [0.3, 0.4) is 0 Å². The van der Waals surface area contributed by atoms with Gasteiger partial charge >= 0.3 is 6.09 Å². The minimum Gasteiger partial charge on any atom is -0.453 e. The predicted molar refractivity (Wildman–Crippen MR) is 84.6 cm³/mol. The van der Waals surface area contributed by atoms with Crippen molar-refractivity contribution in [2.45, 2.75) is 6.04 Å². The van der Waals surface area contributed by atoms with E-state index in [0.717, 1.165) is 22.2 Å². The number of fused-ring (bicyclic) bond motifs is 1. The van der Waals surface area contributed by atoms with Crippen molar-refractivity contribution in [1.82, 2.24) is 9.97 Å². The molecule has 1 unspecified atom stereocenters. The maximum absolute atomic E-state index is 11.2. The lowest BCUT2D eigenvalue weighted by molar-refractivity contribution is 0.187. The average Bonchev–Trinajstić information content (AvgIpc) is 3.02. The Kier molecular flexibility index (Phi) is 3.76. The Hall–Kier alpha value is -2.86. The van der Waals surface area contributed by atoms with E-state index in [1.807, 2.05) is 30.3 Å². The van der Waals surface area contributed by atoms with E-state index in [4.69, 9.17) is 5.73 Å². The first-order chi connectivity index (χ1) is 10.7. The third-order valence-electron chi connectivity index (χ3n) is 3.51. The fourth-order valence-electron chi connectivity index (χ4n) is 2.28. The van der Waals surface area contributed by atoms with Gasteiger partial charge in [0.15, 0.2) is 0 Å². The lowest BCUT2D eigenvalue weighted by Crippen LogP contribution is -2.13. The number of hydrogen-bond acceptors (Lipinski definition) is 4. The number of hydrogen-bond donors (Lipinski definition) is 3. The van der Waals surface area contributed by atoms with E-state index in [9.17, 15) is 4.79 Å². The summed E-state index contributed by atoms with van der Waals surface area (Å²) in [5.74, 6) is 0. The fourth-order valence-corrected chi connectivity index (χ4v) is 2.28. The second-order valence-electron chi connectivity index (χ2n) is 4.90. The quantitative estimate of drug-likeness (QED) is 0.693. The number of H-pyrrole nitrogens is 1. The Morgan fingerprint density at radius 3 is 2.68 bits per heavy atom. The molecule has 0 saturated heterocycles. The number of nitrogens with zero attached hydrogens (tertiary/aromatic N) is 1. The Labute approximate surface area is 127 Å². The molecule has 22 heavy (non-hydrogen) atoms. The van der Waals surface area contributed by atoms with Crippen LogP contribution in [0.4, 0.5) is 10.5 Å². The van der Waals surface area contributed by atoms with Crippen LogP contribution in [0.1, 0.15) is 17.2 Å². The molecule has 0 aliphatic carbocycles. The smallest absolute Gasteiger partial charge is 0.411 e. The highest BCUT2D eigenvalue weighted by Gasteiger charge is 2.10. The summed E-state index contributed by atoms with van der Waals surface area (Å²) >= 11 is 0. The zero-order valence-corrected chi connectivity index (χ0v) is 12.0. The van der Waals surface area contributed by atoms with Gasteiger partial charge in [-0.05, 0) is 35.4 Å². The number of benzene rings is 2. The lowest BCUT2D eigenvalue weighted by atomic mass is 9.99. The molecule has 1 heterocycles. The highest BCUT2D eigenvalue weighted by molar-refractivity contribution is 5.84. The molecule has 1 atom stereocenters. The van der Waals surface area contributed by atoms with E-state index < -0.39 is 6.09 Å². The summed E-state index contributed by atoms with van der Waals surface area (Å²) in [6.45, 7) is 0. The van der Waals surface area contributed by atoms with Crippen LogP contribution in [0.5, 0.6) is 0 Å². The number of amides is 1. The van der Waals surface area contributed by atoms with Crippen LogP contribution in [-0.4, -0.2) is 23.2 Å². The summed E-state index contributed by atoms with van der Waals surface area (Å²) in [7, 11) is 1.32. The molecule has 0 spiro atoms. The Morgan fingerprint density at radius 2 is 1.95 bits per heavy atom. The number of carbonyl (C=O) groups excluding carboxylic acids is 1. The highest BCUT2D eigenvalue weighted by atomic mass is 16.5. The van der Waals surface area contributed by atoms with Crippen molar-refractivity contribution in [2.24, 2.45) is 5.73 Å². The van der Waals surface area contributed by atoms with Crippen molar-refractivity contribution in [3.63, 3.8) is 0 Å². The van der Waals surface area contributed by atoms with Crippen LogP contribution in [0, 0.1) is 0 Å². The number of nitrogens with two attached hydrogens (primary N) is 1. The largest absolute Gasteiger partial charge is 0.453 e. The number of ether oxygens (including phenoxy) is 1. The number of nitrogens with one attached hydrogen (secondary N) is 2. The molecule has 0 aliphatic heterocycles. The van der Waals surface area contributed by atoms with Gasteiger partial charge in [0.1, 0.15) is 0 Å².